The molecule has 19 heavy (non-hydrogen) atoms. The smallest absolute Gasteiger partial charge is 0.270 e. The second kappa shape index (κ2) is 5.75. The van der Waals surface area contributed by atoms with E-state index in [0.717, 1.165) is 12.1 Å². The molecule has 0 heterocycles. The summed E-state index contributed by atoms with van der Waals surface area (Å²) in [6.07, 6.45) is 0. The van der Waals surface area contributed by atoms with Crippen LogP contribution >= 0.6 is 27.3 Å². The molecule has 0 aliphatic rings. The van der Waals surface area contributed by atoms with Crippen molar-refractivity contribution in [1.29, 1.82) is 0 Å². The maximum atomic E-state index is 12.0. The molecule has 0 aromatic rings. The molecule has 8 nitrogen and oxygen atoms in total. The fourth-order valence-corrected chi connectivity index (χ4v) is 5.41. The Morgan fingerprint density at radius 2 is 0.947 bits per heavy atom. The number of hydrogen-bond acceptors (Lipinski definition) is 3. The number of hydrogen-bond donors (Lipinski definition) is 4. The first-order chi connectivity index (χ1) is 7.97. The fourth-order valence-electron chi connectivity index (χ4n) is 1.37. The maximum absolute atomic E-state index is 12.0. The summed E-state index contributed by atoms with van der Waals surface area (Å²) in [5.41, 5.74) is 20.9. The molecule has 0 atom stereocenters. The van der Waals surface area contributed by atoms with Gasteiger partial charge in [-0.1, -0.05) is 0 Å². The van der Waals surface area contributed by atoms with Crippen LogP contribution in [-0.4, -0.2) is 19.2 Å². The molecular weight excluding hydrogens is 306 g/mol. The summed E-state index contributed by atoms with van der Waals surface area (Å²) in [6, 6.07) is 0. The predicted molar refractivity (Wildman–Crippen MR) is 82.7 cm³/mol. The van der Waals surface area contributed by atoms with Gasteiger partial charge in [0.05, 0.1) is 0 Å². The van der Waals surface area contributed by atoms with E-state index in [2.05, 4.69) is 0 Å². The lowest BCUT2D eigenvalue weighted by atomic mass is 10.1. The zero-order valence-corrected chi connectivity index (χ0v) is 14.9. The molecule has 0 fully saturated rings. The topological polar surface area (TPSA) is 145 Å². The Labute approximate surface area is 119 Å². The van der Waals surface area contributed by atoms with Crippen molar-refractivity contribution in [2.24, 2.45) is 22.0 Å². The van der Waals surface area contributed by atoms with Crippen LogP contribution in [0.2, 0.25) is 0 Å². The Hall–Kier alpha value is 0.570. The van der Waals surface area contributed by atoms with Gasteiger partial charge in [-0.2, -0.15) is 8.15 Å². The van der Waals surface area contributed by atoms with Gasteiger partial charge < -0.3 is 0 Å². The minimum atomic E-state index is -3.57. The van der Waals surface area contributed by atoms with Crippen molar-refractivity contribution in [1.82, 2.24) is 8.15 Å². The first kappa shape index (κ1) is 19.6. The quantitative estimate of drug-likeness (QED) is 0.447. The molecule has 0 radical (unpaired) electrons. The van der Waals surface area contributed by atoms with Gasteiger partial charge in [-0.3, -0.25) is 31.1 Å². The van der Waals surface area contributed by atoms with Crippen molar-refractivity contribution in [3.05, 3.63) is 0 Å². The molecule has 116 valence electrons. The van der Waals surface area contributed by atoms with Crippen LogP contribution in [0.5, 0.6) is 0 Å². The number of nitrogens with zero attached hydrogens (tertiary/aromatic N) is 2. The normalized spacial score (nSPS) is 15.4. The van der Waals surface area contributed by atoms with Gasteiger partial charge in [0.15, 0.2) is 0 Å². The molecule has 0 aliphatic carbocycles. The summed E-state index contributed by atoms with van der Waals surface area (Å²) in [4.78, 5) is 0. The minimum absolute atomic E-state index is 0.623. The molecule has 0 saturated heterocycles. The highest BCUT2D eigenvalue weighted by atomic mass is 32.2. The van der Waals surface area contributed by atoms with E-state index in [1.165, 1.54) is 8.15 Å². The molecule has 0 aliphatic heterocycles. The van der Waals surface area contributed by atoms with Crippen LogP contribution in [0.15, 0.2) is 0 Å². The van der Waals surface area contributed by atoms with Gasteiger partial charge in [-0.15, -0.1) is 0 Å². The second-order valence-electron chi connectivity index (χ2n) is 6.31. The van der Waals surface area contributed by atoms with E-state index >= 15 is 0 Å². The monoisotopic (exact) mass is 332 g/mol. The summed E-state index contributed by atoms with van der Waals surface area (Å²) in [7, 11) is -7.14. The largest absolute Gasteiger partial charge is 0.287 e. The molecule has 0 bridgehead atoms. The summed E-state index contributed by atoms with van der Waals surface area (Å²) in [6.45, 7) is 10.7. The van der Waals surface area contributed by atoms with Crippen LogP contribution < -0.4 is 22.0 Å². The van der Waals surface area contributed by atoms with E-state index < -0.39 is 26.3 Å². The van der Waals surface area contributed by atoms with Gasteiger partial charge in [-0.25, -0.2) is 0 Å². The summed E-state index contributed by atoms with van der Waals surface area (Å²) >= 11 is 0.858. The lowest BCUT2D eigenvalue weighted by molar-refractivity contribution is 0.337. The van der Waals surface area contributed by atoms with E-state index in [9.17, 15) is 9.13 Å². The fraction of sp³-hybridized carbons (Fsp3) is 1.00. The lowest BCUT2D eigenvalue weighted by Crippen LogP contribution is -2.45. The summed E-state index contributed by atoms with van der Waals surface area (Å²) in [5, 5.41) is 0. The zero-order valence-electron chi connectivity index (χ0n) is 12.3. The molecule has 0 aromatic heterocycles. The highest BCUT2D eigenvalue weighted by Crippen LogP contribution is 2.54. The van der Waals surface area contributed by atoms with Gasteiger partial charge in [0, 0.05) is 23.2 Å². The van der Waals surface area contributed by atoms with Gasteiger partial charge in [0.1, 0.15) is 0 Å². The molecule has 0 aromatic carbocycles. The summed E-state index contributed by atoms with van der Waals surface area (Å²) < 4.78 is 26.6. The first-order valence-electron chi connectivity index (χ1n) is 5.61. The van der Waals surface area contributed by atoms with Crippen LogP contribution in [0.3, 0.4) is 0 Å². The van der Waals surface area contributed by atoms with E-state index in [-0.39, 0.29) is 0 Å². The summed E-state index contributed by atoms with van der Waals surface area (Å²) in [5.74, 6) is 0. The molecule has 0 unspecified atom stereocenters. The van der Waals surface area contributed by atoms with Gasteiger partial charge in [0.2, 0.25) is 0 Å². The van der Waals surface area contributed by atoms with Gasteiger partial charge >= 0.3 is 0 Å². The number of nitrogens with two attached hydrogens (primary N) is 4. The van der Waals surface area contributed by atoms with Crippen molar-refractivity contribution in [2.75, 3.05) is 0 Å². The maximum Gasteiger partial charge on any atom is 0.287 e. The minimum Gasteiger partial charge on any atom is -0.270 e. The van der Waals surface area contributed by atoms with Crippen molar-refractivity contribution in [3.8, 4) is 0 Å². The van der Waals surface area contributed by atoms with E-state index in [4.69, 9.17) is 22.0 Å². The van der Waals surface area contributed by atoms with Gasteiger partial charge in [0.25, 0.3) is 15.2 Å². The third-order valence-electron chi connectivity index (χ3n) is 1.87. The predicted octanol–water partition coefficient (Wildman–Crippen LogP) is 1.80. The molecular formula is C8H26N6O2P2S. The third kappa shape index (κ3) is 6.25. The lowest BCUT2D eigenvalue weighted by Gasteiger charge is -2.43. The standard InChI is InChI=1S/C8H26N6O2P2S/c1-7(2,3)13(17(9,10)15)19-14(8(4,5)6)18(11,12)16/h1-6H3,(H4,9,10,15)(H4,11,12,16). The van der Waals surface area contributed by atoms with Crippen LogP contribution in [-0.2, 0) is 9.13 Å². The number of rotatable bonds is 4. The van der Waals surface area contributed by atoms with Gasteiger partial charge in [-0.05, 0) is 41.5 Å². The Morgan fingerprint density at radius 3 is 1.05 bits per heavy atom. The SMILES string of the molecule is CC(C)(C)N(SN(C(C)(C)C)P(N)(N)=O)P(N)(N)=O. The van der Waals surface area contributed by atoms with Crippen molar-refractivity contribution in [3.63, 3.8) is 0 Å². The third-order valence-corrected chi connectivity index (χ3v) is 7.58. The Kier molecular flexibility index (Phi) is 5.92. The molecule has 0 saturated carbocycles. The van der Waals surface area contributed by atoms with Crippen molar-refractivity contribution >= 4 is 27.3 Å². The molecule has 0 amide bonds. The average molecular weight is 332 g/mol. The first-order valence-corrected chi connectivity index (χ1v) is 9.94. The van der Waals surface area contributed by atoms with Crippen LogP contribution in [0, 0.1) is 0 Å². The Balaban J connectivity index is 5.56. The molecule has 11 heteroatoms. The molecule has 0 spiro atoms. The van der Waals surface area contributed by atoms with E-state index in [1.54, 1.807) is 41.5 Å². The van der Waals surface area contributed by atoms with E-state index in [0.29, 0.717) is 0 Å². The van der Waals surface area contributed by atoms with Crippen LogP contribution in [0.4, 0.5) is 0 Å². The van der Waals surface area contributed by atoms with Crippen molar-refractivity contribution in [2.45, 2.75) is 52.6 Å². The Bertz CT molecular complexity index is 368. The highest BCUT2D eigenvalue weighted by Gasteiger charge is 2.42. The van der Waals surface area contributed by atoms with Crippen LogP contribution in [0.25, 0.3) is 0 Å². The zero-order chi connectivity index (χ0) is 15.9. The second-order valence-corrected chi connectivity index (χ2v) is 11.2. The molecule has 0 rings (SSSR count). The van der Waals surface area contributed by atoms with Crippen molar-refractivity contribution < 1.29 is 9.13 Å². The Morgan fingerprint density at radius 1 is 0.737 bits per heavy atom. The average Bonchev–Trinajstić information content (AvgIpc) is 1.91. The van der Waals surface area contributed by atoms with E-state index in [1.807, 2.05) is 0 Å². The van der Waals surface area contributed by atoms with Crippen LogP contribution in [0.1, 0.15) is 41.5 Å². The molecule has 8 N–H and O–H groups in total. The highest BCUT2D eigenvalue weighted by molar-refractivity contribution is 8.03.